The topological polar surface area (TPSA) is 55.4 Å². The number of amides is 1. The van der Waals surface area contributed by atoms with Gasteiger partial charge in [0.05, 0.1) is 6.54 Å². The summed E-state index contributed by atoms with van der Waals surface area (Å²) in [5, 5.41) is 3.06. The third kappa shape index (κ3) is 3.86. The molecule has 0 fully saturated rings. The lowest BCUT2D eigenvalue weighted by Gasteiger charge is -2.19. The Morgan fingerprint density at radius 2 is 2.00 bits per heavy atom. The average Bonchev–Trinajstić information content (AvgIpc) is 3.14. The molecule has 0 radical (unpaired) electrons. The summed E-state index contributed by atoms with van der Waals surface area (Å²) in [7, 11) is 0. The molecule has 1 aliphatic heterocycles. The highest BCUT2D eigenvalue weighted by Gasteiger charge is 2.26. The van der Waals surface area contributed by atoms with Gasteiger partial charge >= 0.3 is 0 Å². The summed E-state index contributed by atoms with van der Waals surface area (Å²) in [5.41, 5.74) is 3.81. The number of benzene rings is 2. The van der Waals surface area contributed by atoms with E-state index in [0.717, 1.165) is 53.7 Å². The van der Waals surface area contributed by atoms with Crippen molar-refractivity contribution in [1.29, 1.82) is 0 Å². The van der Waals surface area contributed by atoms with Crippen LogP contribution in [0.1, 0.15) is 42.1 Å². The van der Waals surface area contributed by atoms with Crippen molar-refractivity contribution in [2.75, 3.05) is 6.54 Å². The Bertz CT molecular complexity index is 931. The van der Waals surface area contributed by atoms with E-state index in [-0.39, 0.29) is 23.7 Å². The van der Waals surface area contributed by atoms with Gasteiger partial charge in [-0.3, -0.25) is 9.59 Å². The Morgan fingerprint density at radius 3 is 2.79 bits per heavy atom. The van der Waals surface area contributed by atoms with Crippen LogP contribution in [0.25, 0.3) is 11.1 Å². The smallest absolute Gasteiger partial charge is 0.223 e. The van der Waals surface area contributed by atoms with Gasteiger partial charge < -0.3 is 10.1 Å². The van der Waals surface area contributed by atoms with Crippen LogP contribution in [0.4, 0.5) is 0 Å². The lowest BCUT2D eigenvalue weighted by Crippen LogP contribution is -2.38. The van der Waals surface area contributed by atoms with Crippen molar-refractivity contribution in [3.63, 3.8) is 0 Å². The molecule has 2 atom stereocenters. The number of hydrogen-bond acceptors (Lipinski definition) is 3. The summed E-state index contributed by atoms with van der Waals surface area (Å²) in [6.07, 6.45) is 7.68. The summed E-state index contributed by atoms with van der Waals surface area (Å²) >= 11 is 0. The van der Waals surface area contributed by atoms with E-state index < -0.39 is 0 Å². The van der Waals surface area contributed by atoms with Gasteiger partial charge in [0.15, 0.2) is 5.78 Å². The van der Waals surface area contributed by atoms with Gasteiger partial charge in [0.1, 0.15) is 11.9 Å². The fourth-order valence-corrected chi connectivity index (χ4v) is 4.03. The molecule has 4 rings (SSSR count). The van der Waals surface area contributed by atoms with Crippen LogP contribution in [-0.2, 0) is 11.2 Å². The number of fused-ring (bicyclic) bond motifs is 1. The zero-order valence-electron chi connectivity index (χ0n) is 16.1. The predicted octanol–water partition coefficient (Wildman–Crippen LogP) is 4.33. The maximum absolute atomic E-state index is 12.3. The van der Waals surface area contributed by atoms with Gasteiger partial charge in [0, 0.05) is 17.9 Å². The van der Waals surface area contributed by atoms with Crippen molar-refractivity contribution in [1.82, 2.24) is 5.32 Å². The Balaban J connectivity index is 1.43. The SMILES string of the molecule is CC(=O)c1ccccc1-c1ccc2c(c1)CC(CNC(=O)C1CC=CCC1)O2. The molecule has 0 saturated carbocycles. The number of carbonyl (C=O) groups is 2. The molecule has 28 heavy (non-hydrogen) atoms. The summed E-state index contributed by atoms with van der Waals surface area (Å²) in [5.74, 6) is 1.14. The molecule has 0 saturated heterocycles. The van der Waals surface area contributed by atoms with Gasteiger partial charge in [-0.05, 0) is 55.0 Å². The molecule has 4 nitrogen and oxygen atoms in total. The van der Waals surface area contributed by atoms with Crippen molar-refractivity contribution in [2.45, 2.75) is 38.7 Å². The van der Waals surface area contributed by atoms with E-state index in [2.05, 4.69) is 23.5 Å². The van der Waals surface area contributed by atoms with Gasteiger partial charge in [-0.25, -0.2) is 0 Å². The van der Waals surface area contributed by atoms with Crippen LogP contribution in [0.3, 0.4) is 0 Å². The first-order valence-electron chi connectivity index (χ1n) is 9.94. The molecule has 4 heteroatoms. The van der Waals surface area contributed by atoms with Crippen molar-refractivity contribution in [3.8, 4) is 16.9 Å². The summed E-state index contributed by atoms with van der Waals surface area (Å²) < 4.78 is 6.02. The normalized spacial score (nSPS) is 20.3. The van der Waals surface area contributed by atoms with Crippen molar-refractivity contribution in [3.05, 3.63) is 65.7 Å². The number of rotatable bonds is 5. The first-order chi connectivity index (χ1) is 13.6. The van der Waals surface area contributed by atoms with Crippen molar-refractivity contribution < 1.29 is 14.3 Å². The molecule has 0 aromatic heterocycles. The van der Waals surface area contributed by atoms with Crippen LogP contribution in [0.5, 0.6) is 5.75 Å². The second-order valence-electron chi connectivity index (χ2n) is 7.59. The molecule has 0 spiro atoms. The number of ketones is 1. The second-order valence-corrected chi connectivity index (χ2v) is 7.59. The maximum Gasteiger partial charge on any atom is 0.223 e. The monoisotopic (exact) mass is 375 g/mol. The van der Waals surface area contributed by atoms with Gasteiger partial charge in [-0.1, -0.05) is 42.5 Å². The zero-order valence-corrected chi connectivity index (χ0v) is 16.1. The van der Waals surface area contributed by atoms with Gasteiger partial charge in [0.2, 0.25) is 5.91 Å². The quantitative estimate of drug-likeness (QED) is 0.625. The minimum atomic E-state index is -0.0450. The highest BCUT2D eigenvalue weighted by molar-refractivity contribution is 6.00. The van der Waals surface area contributed by atoms with E-state index in [4.69, 9.17) is 4.74 Å². The van der Waals surface area contributed by atoms with Crippen LogP contribution >= 0.6 is 0 Å². The zero-order chi connectivity index (χ0) is 19.5. The minimum absolute atomic E-state index is 0.0450. The second kappa shape index (κ2) is 8.01. The summed E-state index contributed by atoms with van der Waals surface area (Å²) in [4.78, 5) is 24.3. The first-order valence-corrected chi connectivity index (χ1v) is 9.94. The largest absolute Gasteiger partial charge is 0.488 e. The maximum atomic E-state index is 12.3. The Kier molecular flexibility index (Phi) is 5.29. The molecular weight excluding hydrogens is 350 g/mol. The Morgan fingerprint density at radius 1 is 1.14 bits per heavy atom. The van der Waals surface area contributed by atoms with E-state index in [1.54, 1.807) is 6.92 Å². The third-order valence-electron chi connectivity index (χ3n) is 5.56. The van der Waals surface area contributed by atoms with Gasteiger partial charge in [0.25, 0.3) is 0 Å². The molecular formula is C24H25NO3. The number of allylic oxidation sites excluding steroid dienone is 2. The standard InChI is InChI=1S/C24H25NO3/c1-16(26)21-9-5-6-10-22(21)18-11-12-23-19(13-18)14-20(28-23)15-25-24(27)17-7-3-2-4-8-17/h2-3,5-6,9-13,17,20H,4,7-8,14-15H2,1H3,(H,25,27). The van der Waals surface area contributed by atoms with Gasteiger partial charge in [-0.15, -0.1) is 0 Å². The third-order valence-corrected chi connectivity index (χ3v) is 5.56. The molecule has 1 amide bonds. The molecule has 1 N–H and O–H groups in total. The number of Topliss-reactive ketones (excluding diaryl/α,β-unsaturated/α-hetero) is 1. The van der Waals surface area contributed by atoms with Crippen LogP contribution < -0.4 is 10.1 Å². The number of ether oxygens (including phenoxy) is 1. The molecule has 2 aliphatic rings. The van der Waals surface area contributed by atoms with Crippen molar-refractivity contribution >= 4 is 11.7 Å². The molecule has 1 aliphatic carbocycles. The molecule has 0 bridgehead atoms. The Hall–Kier alpha value is -2.88. The molecule has 2 aromatic carbocycles. The number of hydrogen-bond donors (Lipinski definition) is 1. The number of carbonyl (C=O) groups excluding carboxylic acids is 2. The summed E-state index contributed by atoms with van der Waals surface area (Å²) in [6.45, 7) is 2.11. The summed E-state index contributed by atoms with van der Waals surface area (Å²) in [6, 6.07) is 13.7. The van der Waals surface area contributed by atoms with Gasteiger partial charge in [-0.2, -0.15) is 0 Å². The lowest BCUT2D eigenvalue weighted by atomic mass is 9.93. The first kappa shape index (κ1) is 18.5. The van der Waals surface area contributed by atoms with Crippen LogP contribution in [0.2, 0.25) is 0 Å². The molecule has 144 valence electrons. The fraction of sp³-hybridized carbons (Fsp3) is 0.333. The highest BCUT2D eigenvalue weighted by Crippen LogP contribution is 2.34. The lowest BCUT2D eigenvalue weighted by molar-refractivity contribution is -0.125. The van der Waals surface area contributed by atoms with E-state index in [1.807, 2.05) is 36.4 Å². The average molecular weight is 375 g/mol. The Labute approximate surface area is 165 Å². The van der Waals surface area contributed by atoms with E-state index >= 15 is 0 Å². The van der Waals surface area contributed by atoms with E-state index in [9.17, 15) is 9.59 Å². The molecule has 2 aromatic rings. The van der Waals surface area contributed by atoms with Crippen LogP contribution in [0, 0.1) is 5.92 Å². The van der Waals surface area contributed by atoms with Crippen LogP contribution in [0.15, 0.2) is 54.6 Å². The van der Waals surface area contributed by atoms with E-state index in [0.29, 0.717) is 6.54 Å². The fourth-order valence-electron chi connectivity index (χ4n) is 4.03. The number of nitrogens with one attached hydrogen (secondary N) is 1. The van der Waals surface area contributed by atoms with Crippen LogP contribution in [-0.4, -0.2) is 24.3 Å². The minimum Gasteiger partial charge on any atom is -0.488 e. The highest BCUT2D eigenvalue weighted by atomic mass is 16.5. The molecule has 1 heterocycles. The predicted molar refractivity (Wildman–Crippen MR) is 109 cm³/mol. The molecule has 2 unspecified atom stereocenters. The van der Waals surface area contributed by atoms with Crippen molar-refractivity contribution in [2.24, 2.45) is 5.92 Å². The van der Waals surface area contributed by atoms with E-state index in [1.165, 1.54) is 0 Å².